The van der Waals surface area contributed by atoms with Gasteiger partial charge in [0.25, 0.3) is 5.91 Å². The lowest BCUT2D eigenvalue weighted by atomic mass is 10.1. The molecule has 1 aromatic heterocycles. The number of anilines is 1. The first-order chi connectivity index (χ1) is 13.5. The zero-order valence-electron chi connectivity index (χ0n) is 15.9. The fourth-order valence-electron chi connectivity index (χ4n) is 2.59. The van der Waals surface area contributed by atoms with Gasteiger partial charge in [-0.15, -0.1) is 11.3 Å². The van der Waals surface area contributed by atoms with E-state index in [2.05, 4.69) is 5.32 Å². The number of rotatable bonds is 4. The van der Waals surface area contributed by atoms with Gasteiger partial charge in [0.15, 0.2) is 0 Å². The number of ether oxygens (including phenoxy) is 1. The standard InChI is InChI=1S/C21H18ClNO5S/c1-21(2,3)28-20(27)14-8-12(19(25)26)5-7-15(14)23-18(24)17-9-11-4-6-13(22)10-16(11)29-17/h4-10H,1-3H3,(H,23,24)(H,25,26). The van der Waals surface area contributed by atoms with Crippen molar-refractivity contribution in [1.82, 2.24) is 0 Å². The van der Waals surface area contributed by atoms with E-state index in [-0.39, 0.29) is 16.8 Å². The largest absolute Gasteiger partial charge is 0.478 e. The van der Waals surface area contributed by atoms with Gasteiger partial charge in [0.1, 0.15) is 5.60 Å². The van der Waals surface area contributed by atoms with Gasteiger partial charge in [-0.1, -0.05) is 17.7 Å². The summed E-state index contributed by atoms with van der Waals surface area (Å²) in [4.78, 5) is 37.0. The molecule has 2 N–H and O–H groups in total. The van der Waals surface area contributed by atoms with Crippen LogP contribution in [0.2, 0.25) is 5.02 Å². The summed E-state index contributed by atoms with van der Waals surface area (Å²) in [6.07, 6.45) is 0. The van der Waals surface area contributed by atoms with E-state index in [0.29, 0.717) is 9.90 Å². The minimum absolute atomic E-state index is 0.0302. The van der Waals surface area contributed by atoms with Crippen molar-refractivity contribution in [1.29, 1.82) is 0 Å². The van der Waals surface area contributed by atoms with E-state index in [1.165, 1.54) is 29.5 Å². The number of amides is 1. The summed E-state index contributed by atoms with van der Waals surface area (Å²) in [6.45, 7) is 5.10. The number of halogens is 1. The molecule has 3 aromatic rings. The van der Waals surface area contributed by atoms with Crippen LogP contribution in [-0.4, -0.2) is 28.6 Å². The number of carboxylic acid groups (broad SMARTS) is 1. The fourth-order valence-corrected chi connectivity index (χ4v) is 3.82. The van der Waals surface area contributed by atoms with Crippen molar-refractivity contribution in [3.8, 4) is 0 Å². The zero-order valence-corrected chi connectivity index (χ0v) is 17.5. The van der Waals surface area contributed by atoms with Crippen LogP contribution in [-0.2, 0) is 4.74 Å². The number of aromatic carboxylic acids is 1. The number of benzene rings is 2. The number of hydrogen-bond donors (Lipinski definition) is 2. The minimum atomic E-state index is -1.19. The SMILES string of the molecule is CC(C)(C)OC(=O)c1cc(C(=O)O)ccc1NC(=O)c1cc2ccc(Cl)cc2s1. The van der Waals surface area contributed by atoms with Gasteiger partial charge >= 0.3 is 11.9 Å². The van der Waals surface area contributed by atoms with Gasteiger partial charge in [0.05, 0.1) is 21.7 Å². The number of carbonyl (C=O) groups excluding carboxylic acids is 2. The monoisotopic (exact) mass is 431 g/mol. The lowest BCUT2D eigenvalue weighted by molar-refractivity contribution is 0.00707. The molecule has 150 valence electrons. The molecule has 0 spiro atoms. The van der Waals surface area contributed by atoms with E-state index in [9.17, 15) is 19.5 Å². The average molecular weight is 432 g/mol. The van der Waals surface area contributed by atoms with Crippen LogP contribution in [0, 0.1) is 0 Å². The highest BCUT2D eigenvalue weighted by Crippen LogP contribution is 2.29. The van der Waals surface area contributed by atoms with Gasteiger partial charge in [0, 0.05) is 9.72 Å². The molecule has 0 bridgehead atoms. The fraction of sp³-hybridized carbons (Fsp3) is 0.190. The Bertz CT molecular complexity index is 1130. The van der Waals surface area contributed by atoms with E-state index >= 15 is 0 Å². The first-order valence-corrected chi connectivity index (χ1v) is 9.84. The molecule has 2 aromatic carbocycles. The van der Waals surface area contributed by atoms with Crippen LogP contribution < -0.4 is 5.32 Å². The van der Waals surface area contributed by atoms with Crippen LogP contribution in [0.3, 0.4) is 0 Å². The molecule has 0 aliphatic carbocycles. The second kappa shape index (κ2) is 7.85. The molecular formula is C21H18ClNO5S. The van der Waals surface area contributed by atoms with Crippen LogP contribution in [0.25, 0.3) is 10.1 Å². The van der Waals surface area contributed by atoms with Gasteiger partial charge in [-0.25, -0.2) is 9.59 Å². The Morgan fingerprint density at radius 3 is 2.45 bits per heavy atom. The number of fused-ring (bicyclic) bond motifs is 1. The summed E-state index contributed by atoms with van der Waals surface area (Å²) in [6, 6.07) is 10.9. The smallest absolute Gasteiger partial charge is 0.340 e. The summed E-state index contributed by atoms with van der Waals surface area (Å²) in [5.74, 6) is -2.33. The van der Waals surface area contributed by atoms with Crippen molar-refractivity contribution in [2.24, 2.45) is 0 Å². The number of nitrogens with one attached hydrogen (secondary N) is 1. The number of carboxylic acids is 1. The molecule has 3 rings (SSSR count). The molecule has 29 heavy (non-hydrogen) atoms. The van der Waals surface area contributed by atoms with Gasteiger partial charge in [-0.05, 0) is 62.6 Å². The summed E-state index contributed by atoms with van der Waals surface area (Å²) >= 11 is 7.26. The van der Waals surface area contributed by atoms with E-state index in [1.807, 2.05) is 6.07 Å². The van der Waals surface area contributed by atoms with Gasteiger partial charge < -0.3 is 15.2 Å². The molecule has 1 amide bonds. The Morgan fingerprint density at radius 2 is 1.79 bits per heavy atom. The lowest BCUT2D eigenvalue weighted by Gasteiger charge is -2.20. The summed E-state index contributed by atoms with van der Waals surface area (Å²) in [5.41, 5.74) is -0.718. The van der Waals surface area contributed by atoms with Crippen molar-refractivity contribution in [3.63, 3.8) is 0 Å². The highest BCUT2D eigenvalue weighted by atomic mass is 35.5. The van der Waals surface area contributed by atoms with Crippen LogP contribution in [0.15, 0.2) is 42.5 Å². The van der Waals surface area contributed by atoms with E-state index in [1.54, 1.807) is 39.0 Å². The predicted octanol–water partition coefficient (Wildman–Crippen LogP) is 5.46. The maximum absolute atomic E-state index is 12.7. The zero-order chi connectivity index (χ0) is 21.3. The van der Waals surface area contributed by atoms with Crippen molar-refractivity contribution >= 4 is 56.6 Å². The number of esters is 1. The number of carbonyl (C=O) groups is 3. The molecule has 0 saturated carbocycles. The third-order valence-electron chi connectivity index (χ3n) is 3.84. The lowest BCUT2D eigenvalue weighted by Crippen LogP contribution is -2.25. The highest BCUT2D eigenvalue weighted by Gasteiger charge is 2.23. The highest BCUT2D eigenvalue weighted by molar-refractivity contribution is 7.21. The number of hydrogen-bond acceptors (Lipinski definition) is 5. The van der Waals surface area contributed by atoms with E-state index < -0.39 is 23.4 Å². The quantitative estimate of drug-likeness (QED) is 0.535. The van der Waals surface area contributed by atoms with Crippen LogP contribution >= 0.6 is 22.9 Å². The maximum atomic E-state index is 12.7. The Labute approximate surface area is 176 Å². The third-order valence-corrected chi connectivity index (χ3v) is 5.17. The van der Waals surface area contributed by atoms with Crippen LogP contribution in [0.1, 0.15) is 51.2 Å². The topological polar surface area (TPSA) is 92.7 Å². The summed E-state index contributed by atoms with van der Waals surface area (Å²) in [7, 11) is 0. The van der Waals surface area contributed by atoms with Crippen LogP contribution in [0.5, 0.6) is 0 Å². The Morgan fingerprint density at radius 1 is 1.07 bits per heavy atom. The van der Waals surface area contributed by atoms with Crippen molar-refractivity contribution in [3.05, 3.63) is 63.5 Å². The summed E-state index contributed by atoms with van der Waals surface area (Å²) in [5, 5.41) is 13.4. The molecule has 0 saturated heterocycles. The normalized spacial score (nSPS) is 11.3. The van der Waals surface area contributed by atoms with E-state index in [0.717, 1.165) is 10.1 Å². The van der Waals surface area contributed by atoms with Gasteiger partial charge in [-0.2, -0.15) is 0 Å². The Kier molecular flexibility index (Phi) is 5.64. The molecule has 0 unspecified atom stereocenters. The first kappa shape index (κ1) is 20.8. The molecule has 1 heterocycles. The minimum Gasteiger partial charge on any atom is -0.478 e. The van der Waals surface area contributed by atoms with Crippen molar-refractivity contribution in [2.45, 2.75) is 26.4 Å². The Balaban J connectivity index is 1.94. The molecule has 6 nitrogen and oxygen atoms in total. The molecular weight excluding hydrogens is 414 g/mol. The Hall–Kier alpha value is -2.90. The molecule has 0 atom stereocenters. The molecule has 0 aliphatic rings. The molecule has 0 fully saturated rings. The summed E-state index contributed by atoms with van der Waals surface area (Å²) < 4.78 is 6.21. The predicted molar refractivity (Wildman–Crippen MR) is 113 cm³/mol. The van der Waals surface area contributed by atoms with Gasteiger partial charge in [0.2, 0.25) is 0 Å². The third kappa shape index (κ3) is 4.93. The second-order valence-electron chi connectivity index (χ2n) is 7.31. The van der Waals surface area contributed by atoms with Crippen molar-refractivity contribution in [2.75, 3.05) is 5.32 Å². The number of thiophene rings is 1. The molecule has 0 radical (unpaired) electrons. The molecule has 8 heteroatoms. The van der Waals surface area contributed by atoms with E-state index in [4.69, 9.17) is 16.3 Å². The van der Waals surface area contributed by atoms with Crippen molar-refractivity contribution < 1.29 is 24.2 Å². The molecule has 0 aliphatic heterocycles. The maximum Gasteiger partial charge on any atom is 0.340 e. The van der Waals surface area contributed by atoms with Crippen LogP contribution in [0.4, 0.5) is 5.69 Å². The second-order valence-corrected chi connectivity index (χ2v) is 8.83. The average Bonchev–Trinajstić information content (AvgIpc) is 3.03. The first-order valence-electron chi connectivity index (χ1n) is 8.64. The van der Waals surface area contributed by atoms with Gasteiger partial charge in [-0.3, -0.25) is 4.79 Å².